The monoisotopic (exact) mass is 398 g/mol. The van der Waals surface area contributed by atoms with Crippen molar-refractivity contribution in [3.8, 4) is 22.3 Å². The van der Waals surface area contributed by atoms with Gasteiger partial charge in [0.2, 0.25) is 0 Å². The summed E-state index contributed by atoms with van der Waals surface area (Å²) in [4.78, 5) is 0. The lowest BCUT2D eigenvalue weighted by Crippen LogP contribution is -2.34. The van der Waals surface area contributed by atoms with Crippen molar-refractivity contribution in [1.82, 2.24) is 0 Å². The molecule has 0 bridgehead atoms. The average molecular weight is 399 g/mol. The Labute approximate surface area is 178 Å². The second kappa shape index (κ2) is 5.86. The van der Waals surface area contributed by atoms with E-state index in [1.807, 2.05) is 6.07 Å². The first-order chi connectivity index (χ1) is 13.7. The topological polar surface area (TPSA) is 0 Å². The Kier molecular flexibility index (Phi) is 3.78. The van der Waals surface area contributed by atoms with E-state index in [0.717, 1.165) is 5.02 Å². The van der Waals surface area contributed by atoms with Crippen molar-refractivity contribution < 1.29 is 0 Å². The molecule has 0 aromatic heterocycles. The molecule has 0 radical (unpaired) electrons. The molecule has 2 aliphatic carbocycles. The molecule has 29 heavy (non-hydrogen) atoms. The summed E-state index contributed by atoms with van der Waals surface area (Å²) >= 11 is 6.71. The zero-order chi connectivity index (χ0) is 20.7. The maximum Gasteiger partial charge on any atom is 0.0487 e. The third kappa shape index (κ3) is 2.21. The molecule has 3 aromatic carbocycles. The van der Waals surface area contributed by atoms with Gasteiger partial charge in [0.15, 0.2) is 0 Å². The third-order valence-electron chi connectivity index (χ3n) is 7.25. The normalized spacial score (nSPS) is 18.4. The number of hydrogen-bond acceptors (Lipinski definition) is 0. The van der Waals surface area contributed by atoms with Crippen LogP contribution in [-0.4, -0.2) is 0 Å². The highest BCUT2D eigenvalue weighted by molar-refractivity contribution is 6.34. The van der Waals surface area contributed by atoms with Gasteiger partial charge in [0.05, 0.1) is 0 Å². The summed E-state index contributed by atoms with van der Waals surface area (Å²) in [6.45, 7) is 13.7. The molecule has 146 valence electrons. The van der Waals surface area contributed by atoms with E-state index >= 15 is 0 Å². The number of fused-ring (bicyclic) bond motifs is 6. The maximum absolute atomic E-state index is 6.71. The summed E-state index contributed by atoms with van der Waals surface area (Å²) in [5.74, 6) is 0. The second-order valence-electron chi connectivity index (χ2n) is 9.42. The summed E-state index contributed by atoms with van der Waals surface area (Å²) in [5.41, 5.74) is 10.8. The van der Waals surface area contributed by atoms with Gasteiger partial charge in [0.25, 0.3) is 0 Å². The molecule has 2 aliphatic rings. The largest absolute Gasteiger partial charge is 0.0837 e. The first-order valence-corrected chi connectivity index (χ1v) is 10.9. The standard InChI is InChI=1S/C28H27Cl/c1-7-16-12-13-18-19-14-23-20(15-22(19)28(5,6)26(18)17(16)8-2)25-21(27(23,3)4)10-9-11-24(25)29/h7-15H,1-6H3/b16-7-,17-8+. The Bertz CT molecular complexity index is 1320. The summed E-state index contributed by atoms with van der Waals surface area (Å²) in [6.07, 6.45) is 4.49. The van der Waals surface area contributed by atoms with E-state index in [1.54, 1.807) is 0 Å². The molecule has 1 heteroatoms. The maximum atomic E-state index is 6.71. The Morgan fingerprint density at radius 3 is 2.10 bits per heavy atom. The van der Waals surface area contributed by atoms with Crippen LogP contribution in [0.1, 0.15) is 63.8 Å². The quantitative estimate of drug-likeness (QED) is 0.402. The van der Waals surface area contributed by atoms with E-state index in [0.29, 0.717) is 0 Å². The first-order valence-electron chi connectivity index (χ1n) is 10.5. The van der Waals surface area contributed by atoms with Gasteiger partial charge < -0.3 is 0 Å². The highest BCUT2D eigenvalue weighted by atomic mass is 35.5. The van der Waals surface area contributed by atoms with Gasteiger partial charge >= 0.3 is 0 Å². The van der Waals surface area contributed by atoms with Crippen LogP contribution < -0.4 is 10.4 Å². The minimum atomic E-state index is -0.0473. The molecule has 0 heterocycles. The van der Waals surface area contributed by atoms with E-state index in [4.69, 9.17) is 11.6 Å². The minimum Gasteiger partial charge on any atom is -0.0837 e. The molecule has 0 saturated heterocycles. The van der Waals surface area contributed by atoms with Gasteiger partial charge in [-0.15, -0.1) is 0 Å². The summed E-state index contributed by atoms with van der Waals surface area (Å²) < 4.78 is 0. The molecule has 0 atom stereocenters. The van der Waals surface area contributed by atoms with Crippen molar-refractivity contribution in [2.24, 2.45) is 0 Å². The third-order valence-corrected chi connectivity index (χ3v) is 7.57. The molecule has 5 rings (SSSR count). The number of rotatable bonds is 0. The van der Waals surface area contributed by atoms with E-state index in [-0.39, 0.29) is 10.8 Å². The van der Waals surface area contributed by atoms with Crippen LogP contribution in [0.2, 0.25) is 5.02 Å². The van der Waals surface area contributed by atoms with E-state index in [9.17, 15) is 0 Å². The Morgan fingerprint density at radius 1 is 0.724 bits per heavy atom. The van der Waals surface area contributed by atoms with Gasteiger partial charge in [-0.3, -0.25) is 0 Å². The van der Waals surface area contributed by atoms with Crippen LogP contribution in [0.15, 0.2) is 42.5 Å². The lowest BCUT2D eigenvalue weighted by molar-refractivity contribution is 0.649. The fourth-order valence-electron chi connectivity index (χ4n) is 5.76. The van der Waals surface area contributed by atoms with E-state index in [2.05, 4.69) is 90.1 Å². The van der Waals surface area contributed by atoms with E-state index < -0.39 is 0 Å². The molecule has 0 aliphatic heterocycles. The SMILES string of the molecule is C/C=c1/ccc2c(/c1=C/C)C(C)(C)c1cc3c(cc1-2)C(C)(C)c1cccc(Cl)c1-3. The Hall–Kier alpha value is -2.31. The van der Waals surface area contributed by atoms with Crippen LogP contribution in [0.5, 0.6) is 0 Å². The molecule has 0 nitrogen and oxygen atoms in total. The lowest BCUT2D eigenvalue weighted by atomic mass is 9.79. The molecule has 0 fully saturated rings. The van der Waals surface area contributed by atoms with Crippen LogP contribution in [0.25, 0.3) is 34.4 Å². The zero-order valence-corrected chi connectivity index (χ0v) is 18.8. The van der Waals surface area contributed by atoms with Crippen molar-refractivity contribution in [2.45, 2.75) is 52.4 Å². The molecule has 0 saturated carbocycles. The number of benzene rings is 3. The molecule has 0 unspecified atom stereocenters. The van der Waals surface area contributed by atoms with Crippen LogP contribution in [-0.2, 0) is 10.8 Å². The number of hydrogen-bond donors (Lipinski definition) is 0. The Morgan fingerprint density at radius 2 is 1.41 bits per heavy atom. The fraction of sp³-hybridized carbons (Fsp3) is 0.286. The fourth-order valence-corrected chi connectivity index (χ4v) is 6.03. The van der Waals surface area contributed by atoms with Crippen molar-refractivity contribution in [3.05, 3.63) is 80.2 Å². The Balaban J connectivity index is 1.90. The van der Waals surface area contributed by atoms with Gasteiger partial charge in [0, 0.05) is 21.4 Å². The highest BCUT2D eigenvalue weighted by Gasteiger charge is 2.42. The summed E-state index contributed by atoms with van der Waals surface area (Å²) in [6, 6.07) is 15.8. The van der Waals surface area contributed by atoms with Gasteiger partial charge in [-0.2, -0.15) is 0 Å². The van der Waals surface area contributed by atoms with Crippen LogP contribution in [0.3, 0.4) is 0 Å². The molecule has 0 amide bonds. The lowest BCUT2D eigenvalue weighted by Gasteiger charge is -2.24. The second-order valence-corrected chi connectivity index (χ2v) is 9.83. The van der Waals surface area contributed by atoms with Crippen LogP contribution >= 0.6 is 11.6 Å². The predicted octanol–water partition coefficient (Wildman–Crippen LogP) is 6.55. The molecule has 0 spiro atoms. The molecule has 3 aromatic rings. The predicted molar refractivity (Wildman–Crippen MR) is 126 cm³/mol. The summed E-state index contributed by atoms with van der Waals surface area (Å²) in [7, 11) is 0. The number of halogens is 1. The van der Waals surface area contributed by atoms with Crippen molar-refractivity contribution in [3.63, 3.8) is 0 Å². The van der Waals surface area contributed by atoms with Gasteiger partial charge in [-0.1, -0.05) is 75.7 Å². The van der Waals surface area contributed by atoms with Crippen LogP contribution in [0.4, 0.5) is 0 Å². The van der Waals surface area contributed by atoms with Crippen LogP contribution in [0, 0.1) is 0 Å². The van der Waals surface area contributed by atoms with Crippen molar-refractivity contribution >= 4 is 23.8 Å². The van der Waals surface area contributed by atoms with Gasteiger partial charge in [0.1, 0.15) is 0 Å². The van der Waals surface area contributed by atoms with Crippen molar-refractivity contribution in [2.75, 3.05) is 0 Å². The van der Waals surface area contributed by atoms with Gasteiger partial charge in [-0.05, 0) is 81.4 Å². The molecule has 0 N–H and O–H groups in total. The summed E-state index contributed by atoms with van der Waals surface area (Å²) in [5, 5.41) is 3.53. The first kappa shape index (κ1) is 18.7. The minimum absolute atomic E-state index is 0.0469. The smallest absolute Gasteiger partial charge is 0.0487 e. The average Bonchev–Trinajstić information content (AvgIpc) is 3.06. The van der Waals surface area contributed by atoms with Crippen molar-refractivity contribution in [1.29, 1.82) is 0 Å². The van der Waals surface area contributed by atoms with Gasteiger partial charge in [-0.25, -0.2) is 0 Å². The highest BCUT2D eigenvalue weighted by Crippen LogP contribution is 2.56. The molecular formula is C28H27Cl. The molecular weight excluding hydrogens is 372 g/mol. The zero-order valence-electron chi connectivity index (χ0n) is 18.1. The van der Waals surface area contributed by atoms with E-state index in [1.165, 1.54) is 54.9 Å².